The largest absolute Gasteiger partial charge is 0.416 e. The van der Waals surface area contributed by atoms with Crippen LogP contribution in [0.3, 0.4) is 0 Å². The van der Waals surface area contributed by atoms with E-state index in [2.05, 4.69) is 0 Å². The average molecular weight is 271 g/mol. The van der Waals surface area contributed by atoms with Gasteiger partial charge in [0, 0.05) is 5.56 Å². The number of benzene rings is 1. The zero-order valence-electron chi connectivity index (χ0n) is 8.16. The zero-order valence-corrected chi connectivity index (χ0v) is 9.67. The Morgan fingerprint density at radius 1 is 1.38 bits per heavy atom. The fraction of sp³-hybridized carbons (Fsp3) is 0.300. The third kappa shape index (κ3) is 2.50. The Morgan fingerprint density at radius 3 is 2.38 bits per heavy atom. The lowest BCUT2D eigenvalue weighted by Gasteiger charge is -2.14. The van der Waals surface area contributed by atoms with Crippen LogP contribution in [-0.2, 0) is 6.18 Å². The van der Waals surface area contributed by atoms with Gasteiger partial charge in [-0.1, -0.05) is 11.6 Å². The molecule has 0 saturated carbocycles. The number of halogens is 5. The summed E-state index contributed by atoms with van der Waals surface area (Å²) in [7, 11) is 0. The van der Waals surface area contributed by atoms with Gasteiger partial charge in [-0.2, -0.15) is 13.2 Å². The van der Waals surface area contributed by atoms with Crippen molar-refractivity contribution < 1.29 is 18.0 Å². The highest BCUT2D eigenvalue weighted by atomic mass is 35.5. The van der Waals surface area contributed by atoms with Gasteiger partial charge >= 0.3 is 6.18 Å². The van der Waals surface area contributed by atoms with Crippen molar-refractivity contribution in [2.75, 3.05) is 5.88 Å². The highest BCUT2D eigenvalue weighted by Gasteiger charge is 2.34. The zero-order chi connectivity index (χ0) is 12.5. The van der Waals surface area contributed by atoms with Crippen molar-refractivity contribution in [1.82, 2.24) is 0 Å². The fourth-order valence-electron chi connectivity index (χ4n) is 1.39. The molecule has 1 rings (SSSR count). The van der Waals surface area contributed by atoms with Crippen LogP contribution in [-0.4, -0.2) is 11.7 Å². The van der Waals surface area contributed by atoms with Crippen molar-refractivity contribution in [3.8, 4) is 0 Å². The predicted molar refractivity (Wildman–Crippen MR) is 56.2 cm³/mol. The summed E-state index contributed by atoms with van der Waals surface area (Å²) >= 11 is 11.0. The molecule has 1 aromatic carbocycles. The van der Waals surface area contributed by atoms with E-state index in [-0.39, 0.29) is 16.1 Å². The molecule has 88 valence electrons. The van der Waals surface area contributed by atoms with Crippen LogP contribution in [0.2, 0.25) is 5.02 Å². The van der Waals surface area contributed by atoms with E-state index in [1.807, 2.05) is 0 Å². The fourth-order valence-corrected chi connectivity index (χ4v) is 1.84. The topological polar surface area (TPSA) is 17.1 Å². The first-order chi connectivity index (χ1) is 7.29. The van der Waals surface area contributed by atoms with Gasteiger partial charge in [-0.15, -0.1) is 11.6 Å². The molecule has 0 unspecified atom stereocenters. The number of ketones is 1. The van der Waals surface area contributed by atoms with Crippen LogP contribution in [0.4, 0.5) is 13.2 Å². The second-order valence-corrected chi connectivity index (χ2v) is 3.82. The Hall–Kier alpha value is -0.740. The van der Waals surface area contributed by atoms with E-state index in [1.165, 1.54) is 6.92 Å². The van der Waals surface area contributed by atoms with Gasteiger partial charge in [0.25, 0.3) is 0 Å². The molecule has 0 spiro atoms. The first-order valence-electron chi connectivity index (χ1n) is 4.24. The lowest BCUT2D eigenvalue weighted by Crippen LogP contribution is -2.12. The molecule has 6 heteroatoms. The molecule has 0 atom stereocenters. The quantitative estimate of drug-likeness (QED) is 0.585. The van der Waals surface area contributed by atoms with Crippen LogP contribution in [0.25, 0.3) is 0 Å². The molecule has 0 heterocycles. The molecule has 0 amide bonds. The highest BCUT2D eigenvalue weighted by Crippen LogP contribution is 2.35. The third-order valence-electron chi connectivity index (χ3n) is 2.12. The van der Waals surface area contributed by atoms with Gasteiger partial charge < -0.3 is 0 Å². The van der Waals surface area contributed by atoms with Gasteiger partial charge in [0.05, 0.1) is 16.5 Å². The van der Waals surface area contributed by atoms with Crippen LogP contribution in [0, 0.1) is 6.92 Å². The summed E-state index contributed by atoms with van der Waals surface area (Å²) in [6.07, 6.45) is -4.50. The van der Waals surface area contributed by atoms with E-state index in [1.54, 1.807) is 0 Å². The summed E-state index contributed by atoms with van der Waals surface area (Å²) < 4.78 is 37.6. The number of carbonyl (C=O) groups excluding carboxylic acids is 1. The highest BCUT2D eigenvalue weighted by molar-refractivity contribution is 6.37. The first-order valence-corrected chi connectivity index (χ1v) is 5.15. The van der Waals surface area contributed by atoms with Gasteiger partial charge in [0.15, 0.2) is 5.78 Å². The number of carbonyl (C=O) groups is 1. The van der Waals surface area contributed by atoms with Gasteiger partial charge in [0.1, 0.15) is 0 Å². The maximum Gasteiger partial charge on any atom is 0.416 e. The number of hydrogen-bond acceptors (Lipinski definition) is 1. The average Bonchev–Trinajstić information content (AvgIpc) is 2.15. The summed E-state index contributed by atoms with van der Waals surface area (Å²) in [5, 5.41) is -0.0175. The van der Waals surface area contributed by atoms with Crippen LogP contribution in [0.15, 0.2) is 12.1 Å². The summed E-state index contributed by atoms with van der Waals surface area (Å²) in [5.41, 5.74) is -1.22. The Kier molecular flexibility index (Phi) is 3.86. The Labute approximate surface area is 100 Å². The van der Waals surface area contributed by atoms with Crippen molar-refractivity contribution in [2.24, 2.45) is 0 Å². The normalized spacial score (nSPS) is 11.6. The molecule has 0 N–H and O–H groups in total. The Balaban J connectivity index is 3.45. The predicted octanol–water partition coefficient (Wildman–Crippen LogP) is 4.09. The number of Topliss-reactive ketones (excluding diaryl/α,β-unsaturated/α-hetero) is 1. The molecule has 0 saturated heterocycles. The van der Waals surface area contributed by atoms with E-state index < -0.39 is 23.4 Å². The minimum absolute atomic E-state index is 0.0175. The van der Waals surface area contributed by atoms with Crippen molar-refractivity contribution >= 4 is 29.0 Å². The van der Waals surface area contributed by atoms with E-state index in [9.17, 15) is 18.0 Å². The molecule has 1 nitrogen and oxygen atoms in total. The Bertz CT molecular complexity index is 427. The Morgan fingerprint density at radius 2 is 1.94 bits per heavy atom. The smallest absolute Gasteiger partial charge is 0.293 e. The summed E-state index contributed by atoms with van der Waals surface area (Å²) in [5.74, 6) is -1.02. The minimum atomic E-state index is -4.50. The SMILES string of the molecule is Cc1c(C(F)(F)F)ccc(Cl)c1C(=O)CCl. The molecule has 16 heavy (non-hydrogen) atoms. The third-order valence-corrected chi connectivity index (χ3v) is 2.68. The van der Waals surface area contributed by atoms with E-state index >= 15 is 0 Å². The number of rotatable bonds is 2. The maximum atomic E-state index is 12.5. The van der Waals surface area contributed by atoms with Crippen LogP contribution < -0.4 is 0 Å². The maximum absolute atomic E-state index is 12.5. The molecule has 1 aromatic rings. The summed E-state index contributed by atoms with van der Waals surface area (Å²) in [6, 6.07) is 1.90. The molecule has 0 aliphatic rings. The van der Waals surface area contributed by atoms with Crippen molar-refractivity contribution in [3.63, 3.8) is 0 Å². The molecular formula is C10H7Cl2F3O. The summed E-state index contributed by atoms with van der Waals surface area (Å²) in [4.78, 5) is 11.4. The lowest BCUT2D eigenvalue weighted by molar-refractivity contribution is -0.138. The summed E-state index contributed by atoms with van der Waals surface area (Å²) in [6.45, 7) is 1.20. The number of alkyl halides is 4. The van der Waals surface area contributed by atoms with Crippen LogP contribution >= 0.6 is 23.2 Å². The van der Waals surface area contributed by atoms with Gasteiger partial charge in [-0.05, 0) is 24.6 Å². The minimum Gasteiger partial charge on any atom is -0.293 e. The molecule has 0 aliphatic carbocycles. The van der Waals surface area contributed by atoms with Gasteiger partial charge in [0.2, 0.25) is 0 Å². The standard InChI is InChI=1S/C10H7Cl2F3O/c1-5-6(10(13,14)15)2-3-7(12)9(5)8(16)4-11/h2-3H,4H2,1H3. The van der Waals surface area contributed by atoms with Crippen LogP contribution in [0.5, 0.6) is 0 Å². The van der Waals surface area contributed by atoms with E-state index in [0.717, 1.165) is 12.1 Å². The van der Waals surface area contributed by atoms with Gasteiger partial charge in [-0.25, -0.2) is 0 Å². The van der Waals surface area contributed by atoms with Crippen LogP contribution in [0.1, 0.15) is 21.5 Å². The molecule has 0 fully saturated rings. The van der Waals surface area contributed by atoms with Crippen molar-refractivity contribution in [2.45, 2.75) is 13.1 Å². The molecule has 0 aromatic heterocycles. The molecule has 0 bridgehead atoms. The monoisotopic (exact) mass is 270 g/mol. The second kappa shape index (κ2) is 4.63. The van der Waals surface area contributed by atoms with Gasteiger partial charge in [-0.3, -0.25) is 4.79 Å². The molecular weight excluding hydrogens is 264 g/mol. The number of hydrogen-bond donors (Lipinski definition) is 0. The lowest BCUT2D eigenvalue weighted by atomic mass is 9.99. The van der Waals surface area contributed by atoms with Crippen molar-refractivity contribution in [3.05, 3.63) is 33.8 Å². The molecule has 0 radical (unpaired) electrons. The van der Waals surface area contributed by atoms with Crippen molar-refractivity contribution in [1.29, 1.82) is 0 Å². The second-order valence-electron chi connectivity index (χ2n) is 3.15. The first kappa shape index (κ1) is 13.3. The van der Waals surface area contributed by atoms with E-state index in [4.69, 9.17) is 23.2 Å². The van der Waals surface area contributed by atoms with E-state index in [0.29, 0.717) is 0 Å². The molecule has 0 aliphatic heterocycles.